The van der Waals surface area contributed by atoms with Crippen LogP contribution in [-0.4, -0.2) is 85.6 Å². The number of hydrogen-bond donors (Lipinski definition) is 0. The Balaban J connectivity index is 1.29. The minimum Gasteiger partial charge on any atom is -0.378 e. The van der Waals surface area contributed by atoms with Gasteiger partial charge in [-0.3, -0.25) is 9.47 Å². The highest BCUT2D eigenvalue weighted by Crippen LogP contribution is 2.36. The van der Waals surface area contributed by atoms with Crippen LogP contribution in [0.2, 0.25) is 0 Å². The van der Waals surface area contributed by atoms with Gasteiger partial charge in [0.15, 0.2) is 17.0 Å². The van der Waals surface area contributed by atoms with E-state index in [0.29, 0.717) is 19.2 Å². The van der Waals surface area contributed by atoms with Gasteiger partial charge >= 0.3 is 0 Å². The van der Waals surface area contributed by atoms with Crippen LogP contribution < -0.4 is 4.90 Å². The molecule has 3 fully saturated rings. The second-order valence-electron chi connectivity index (χ2n) is 10.6. The first kappa shape index (κ1) is 23.1. The number of para-hydroxylation sites is 2. The number of nitrogens with zero attached hydrogens (tertiary/aromatic N) is 8. The highest BCUT2D eigenvalue weighted by Gasteiger charge is 2.38. The van der Waals surface area contributed by atoms with Crippen molar-refractivity contribution in [1.82, 2.24) is 34.0 Å². The van der Waals surface area contributed by atoms with Crippen molar-refractivity contribution in [3.05, 3.63) is 35.9 Å². The summed E-state index contributed by atoms with van der Waals surface area (Å²) in [4.78, 5) is 24.9. The first-order valence-electron chi connectivity index (χ1n) is 13.5. The van der Waals surface area contributed by atoms with E-state index >= 15 is 0 Å². The van der Waals surface area contributed by atoms with Crippen molar-refractivity contribution >= 4 is 28.0 Å². The van der Waals surface area contributed by atoms with E-state index in [4.69, 9.17) is 29.4 Å². The van der Waals surface area contributed by atoms with Gasteiger partial charge in [0.05, 0.1) is 36.4 Å². The molecule has 3 saturated heterocycles. The minimum absolute atomic E-state index is 0.123. The Hall–Kier alpha value is -3.08. The first-order chi connectivity index (χ1) is 18.1. The van der Waals surface area contributed by atoms with Crippen molar-refractivity contribution in [2.75, 3.05) is 50.9 Å². The molecule has 3 aliphatic rings. The Morgan fingerprint density at radius 2 is 1.73 bits per heavy atom. The highest BCUT2D eigenvalue weighted by atomic mass is 16.5. The van der Waals surface area contributed by atoms with Crippen LogP contribution in [0.3, 0.4) is 0 Å². The Morgan fingerprint density at radius 3 is 2.51 bits per heavy atom. The number of fused-ring (bicyclic) bond motifs is 2. The molecule has 6 heterocycles. The maximum absolute atomic E-state index is 6.13. The third-order valence-electron chi connectivity index (χ3n) is 8.34. The lowest BCUT2D eigenvalue weighted by molar-refractivity contribution is -0.0452. The predicted octanol–water partition coefficient (Wildman–Crippen LogP) is 2.99. The molecule has 194 valence electrons. The summed E-state index contributed by atoms with van der Waals surface area (Å²) in [6, 6.07) is 8.14. The molecule has 10 nitrogen and oxygen atoms in total. The zero-order chi connectivity index (χ0) is 25.0. The third-order valence-corrected chi connectivity index (χ3v) is 8.34. The van der Waals surface area contributed by atoms with E-state index in [1.54, 1.807) is 0 Å². The molecular formula is C27H34N8O2. The Kier molecular flexibility index (Phi) is 5.63. The van der Waals surface area contributed by atoms with Crippen molar-refractivity contribution in [3.63, 3.8) is 0 Å². The van der Waals surface area contributed by atoms with Crippen LogP contribution in [0.25, 0.3) is 28.1 Å². The van der Waals surface area contributed by atoms with Gasteiger partial charge in [0.1, 0.15) is 11.6 Å². The number of ether oxygens (including phenoxy) is 2. The van der Waals surface area contributed by atoms with E-state index in [1.165, 1.54) is 12.8 Å². The second kappa shape index (κ2) is 9.04. The van der Waals surface area contributed by atoms with Crippen molar-refractivity contribution < 1.29 is 9.47 Å². The number of benzene rings is 1. The molecule has 3 aromatic heterocycles. The molecule has 37 heavy (non-hydrogen) atoms. The van der Waals surface area contributed by atoms with E-state index in [1.807, 2.05) is 25.1 Å². The molecular weight excluding hydrogens is 468 g/mol. The summed E-state index contributed by atoms with van der Waals surface area (Å²) in [6.07, 6.45) is 4.61. The van der Waals surface area contributed by atoms with Gasteiger partial charge in [-0.15, -0.1) is 0 Å². The number of aryl methyl sites for hydroxylation is 2. The lowest BCUT2D eigenvalue weighted by Gasteiger charge is -2.38. The molecule has 0 N–H and O–H groups in total. The molecule has 10 heteroatoms. The van der Waals surface area contributed by atoms with Crippen LogP contribution in [0.15, 0.2) is 24.3 Å². The number of aromatic nitrogens is 6. The predicted molar refractivity (Wildman–Crippen MR) is 141 cm³/mol. The summed E-state index contributed by atoms with van der Waals surface area (Å²) in [5.41, 5.74) is 3.78. The Labute approximate surface area is 216 Å². The summed E-state index contributed by atoms with van der Waals surface area (Å²) in [6.45, 7) is 8.75. The summed E-state index contributed by atoms with van der Waals surface area (Å²) in [7, 11) is 2.08. The molecule has 0 saturated carbocycles. The third kappa shape index (κ3) is 3.98. The molecule has 3 aliphatic heterocycles. The van der Waals surface area contributed by atoms with Gasteiger partial charge in [0.2, 0.25) is 5.95 Å². The van der Waals surface area contributed by atoms with Gasteiger partial charge in [-0.05, 0) is 44.7 Å². The molecule has 0 atom stereocenters. The van der Waals surface area contributed by atoms with Crippen molar-refractivity contribution in [2.24, 2.45) is 7.05 Å². The van der Waals surface area contributed by atoms with Gasteiger partial charge < -0.3 is 18.9 Å². The second-order valence-corrected chi connectivity index (χ2v) is 10.6. The van der Waals surface area contributed by atoms with E-state index in [9.17, 15) is 0 Å². The van der Waals surface area contributed by atoms with Gasteiger partial charge in [0, 0.05) is 39.8 Å². The number of likely N-dealkylation sites (tertiary alicyclic amines) is 1. The van der Waals surface area contributed by atoms with Crippen LogP contribution >= 0.6 is 0 Å². The Bertz CT molecular complexity index is 1440. The van der Waals surface area contributed by atoms with Crippen LogP contribution in [0, 0.1) is 6.92 Å². The van der Waals surface area contributed by atoms with Crippen LogP contribution in [-0.2, 0) is 23.1 Å². The monoisotopic (exact) mass is 502 g/mol. The number of anilines is 1. The van der Waals surface area contributed by atoms with Crippen molar-refractivity contribution in [1.29, 1.82) is 0 Å². The standard InChI is InChI=1S/C27H34N8O2/c1-19-28-20-6-3-4-7-21(20)35(19)26-30-24-23(25(31-26)34-13-16-36-17-14-34)29-22(32(24)2)18-33-11-9-27(10-12-33)8-5-15-37-27/h3-4,6-7H,5,8-18H2,1-2H3. The molecule has 0 aliphatic carbocycles. The molecule has 0 amide bonds. The fourth-order valence-corrected chi connectivity index (χ4v) is 6.18. The fraction of sp³-hybridized carbons (Fsp3) is 0.556. The van der Waals surface area contributed by atoms with E-state index in [0.717, 1.165) is 91.8 Å². The summed E-state index contributed by atoms with van der Waals surface area (Å²) >= 11 is 0. The molecule has 1 aromatic carbocycles. The lowest BCUT2D eigenvalue weighted by atomic mass is 9.89. The van der Waals surface area contributed by atoms with E-state index in [2.05, 4.69) is 32.0 Å². The average Bonchev–Trinajstić information content (AvgIpc) is 3.61. The van der Waals surface area contributed by atoms with Crippen molar-refractivity contribution in [2.45, 2.75) is 44.8 Å². The van der Waals surface area contributed by atoms with Crippen molar-refractivity contribution in [3.8, 4) is 5.95 Å². The zero-order valence-electron chi connectivity index (χ0n) is 21.7. The van der Waals surface area contributed by atoms with Crippen LogP contribution in [0.1, 0.15) is 37.3 Å². The maximum atomic E-state index is 6.13. The molecule has 7 rings (SSSR count). The van der Waals surface area contributed by atoms with Gasteiger partial charge in [-0.2, -0.15) is 9.97 Å². The normalized spacial score (nSPS) is 20.5. The van der Waals surface area contributed by atoms with Gasteiger partial charge in [0.25, 0.3) is 0 Å². The van der Waals surface area contributed by atoms with Crippen LogP contribution in [0.4, 0.5) is 5.82 Å². The Morgan fingerprint density at radius 1 is 0.919 bits per heavy atom. The number of imidazole rings is 2. The SMILES string of the molecule is Cc1nc2ccccc2n1-c1nc(N2CCOCC2)c2nc(CN3CCC4(CCCO4)CC3)n(C)c2n1. The molecule has 4 aromatic rings. The first-order valence-corrected chi connectivity index (χ1v) is 13.5. The van der Waals surface area contributed by atoms with Gasteiger partial charge in [-0.25, -0.2) is 9.97 Å². The zero-order valence-corrected chi connectivity index (χ0v) is 21.7. The fourth-order valence-electron chi connectivity index (χ4n) is 6.18. The molecule has 0 bridgehead atoms. The smallest absolute Gasteiger partial charge is 0.239 e. The number of piperidine rings is 1. The van der Waals surface area contributed by atoms with E-state index < -0.39 is 0 Å². The molecule has 1 spiro atoms. The lowest BCUT2D eigenvalue weighted by Crippen LogP contribution is -2.43. The molecule has 0 unspecified atom stereocenters. The van der Waals surface area contributed by atoms with E-state index in [-0.39, 0.29) is 5.60 Å². The average molecular weight is 503 g/mol. The summed E-state index contributed by atoms with van der Waals surface area (Å²) in [5.74, 6) is 3.39. The topological polar surface area (TPSA) is 86.4 Å². The maximum Gasteiger partial charge on any atom is 0.239 e. The number of rotatable bonds is 4. The van der Waals surface area contributed by atoms with Crippen LogP contribution in [0.5, 0.6) is 0 Å². The minimum atomic E-state index is 0.123. The quantitative estimate of drug-likeness (QED) is 0.421. The number of morpholine rings is 1. The largest absolute Gasteiger partial charge is 0.378 e. The molecule has 0 radical (unpaired) electrons. The number of hydrogen-bond acceptors (Lipinski definition) is 8. The highest BCUT2D eigenvalue weighted by molar-refractivity contribution is 5.86. The summed E-state index contributed by atoms with van der Waals surface area (Å²) < 4.78 is 16.0. The summed E-state index contributed by atoms with van der Waals surface area (Å²) in [5, 5.41) is 0. The van der Waals surface area contributed by atoms with Gasteiger partial charge in [-0.1, -0.05) is 12.1 Å².